The second-order valence-corrected chi connectivity index (χ2v) is 7.55. The van der Waals surface area contributed by atoms with Gasteiger partial charge in [-0.15, -0.1) is 0 Å². The van der Waals surface area contributed by atoms with E-state index >= 15 is 0 Å². The smallest absolute Gasteiger partial charge is 0.245 e. The first-order valence-corrected chi connectivity index (χ1v) is 8.85. The summed E-state index contributed by atoms with van der Waals surface area (Å²) in [6.45, 7) is 0.482. The van der Waals surface area contributed by atoms with E-state index in [1.54, 1.807) is 30.7 Å². The predicted octanol–water partition coefficient (Wildman–Crippen LogP) is 1.46. The lowest BCUT2D eigenvalue weighted by Gasteiger charge is -2.24. The van der Waals surface area contributed by atoms with Crippen molar-refractivity contribution in [3.8, 4) is 0 Å². The fraction of sp³-hybridized carbons (Fsp3) is 0.400. The summed E-state index contributed by atoms with van der Waals surface area (Å²) >= 11 is 0. The van der Waals surface area contributed by atoms with Crippen LogP contribution in [-0.2, 0) is 10.0 Å². The Morgan fingerprint density at radius 2 is 2.04 bits per heavy atom. The van der Waals surface area contributed by atoms with Crippen LogP contribution in [0.25, 0.3) is 0 Å². The van der Waals surface area contributed by atoms with Gasteiger partial charge in [0.1, 0.15) is 10.7 Å². The lowest BCUT2D eigenvalue weighted by molar-refractivity contribution is 0.389. The molecule has 2 aromatic heterocycles. The van der Waals surface area contributed by atoms with E-state index in [9.17, 15) is 8.42 Å². The maximum absolute atomic E-state index is 12.9. The minimum absolute atomic E-state index is 0.212. The van der Waals surface area contributed by atoms with Gasteiger partial charge in [-0.2, -0.15) is 4.31 Å². The summed E-state index contributed by atoms with van der Waals surface area (Å²) in [5.74, 6) is 0.716. The SMILES string of the molecule is CN(C)c1cncc([C@@H]2CCCN2S(=O)(=O)c2cccnc2)n1. The minimum atomic E-state index is -3.58. The van der Waals surface area contributed by atoms with Crippen molar-refractivity contribution in [3.63, 3.8) is 0 Å². The zero-order chi connectivity index (χ0) is 16.4. The maximum Gasteiger partial charge on any atom is 0.245 e. The highest BCUT2D eigenvalue weighted by Crippen LogP contribution is 2.35. The van der Waals surface area contributed by atoms with Crippen LogP contribution in [0.5, 0.6) is 0 Å². The van der Waals surface area contributed by atoms with Crippen LogP contribution in [0.2, 0.25) is 0 Å². The molecule has 3 heterocycles. The largest absolute Gasteiger partial charge is 0.361 e. The number of pyridine rings is 1. The van der Waals surface area contributed by atoms with Crippen LogP contribution in [0, 0.1) is 0 Å². The zero-order valence-corrected chi connectivity index (χ0v) is 13.9. The van der Waals surface area contributed by atoms with Crippen molar-refractivity contribution in [2.24, 2.45) is 0 Å². The Kier molecular flexibility index (Phi) is 4.27. The molecular formula is C15H19N5O2S. The van der Waals surface area contributed by atoms with E-state index in [-0.39, 0.29) is 10.9 Å². The number of hydrogen-bond donors (Lipinski definition) is 0. The molecule has 2 aromatic rings. The van der Waals surface area contributed by atoms with Crippen LogP contribution in [-0.4, -0.2) is 48.3 Å². The fourth-order valence-corrected chi connectivity index (χ4v) is 4.34. The highest BCUT2D eigenvalue weighted by atomic mass is 32.2. The lowest BCUT2D eigenvalue weighted by atomic mass is 10.2. The predicted molar refractivity (Wildman–Crippen MR) is 86.5 cm³/mol. The first kappa shape index (κ1) is 15.8. The molecule has 0 N–H and O–H groups in total. The number of aromatic nitrogens is 3. The van der Waals surface area contributed by atoms with Gasteiger partial charge < -0.3 is 4.90 Å². The summed E-state index contributed by atoms with van der Waals surface area (Å²) in [4.78, 5) is 14.7. The van der Waals surface area contributed by atoms with E-state index in [4.69, 9.17) is 0 Å². The summed E-state index contributed by atoms with van der Waals surface area (Å²) in [7, 11) is 0.183. The van der Waals surface area contributed by atoms with Gasteiger partial charge >= 0.3 is 0 Å². The summed E-state index contributed by atoms with van der Waals surface area (Å²) in [6.07, 6.45) is 7.80. The molecule has 23 heavy (non-hydrogen) atoms. The number of hydrogen-bond acceptors (Lipinski definition) is 6. The second-order valence-electron chi connectivity index (χ2n) is 5.66. The van der Waals surface area contributed by atoms with Crippen molar-refractivity contribution in [2.45, 2.75) is 23.8 Å². The molecule has 122 valence electrons. The van der Waals surface area contributed by atoms with Crippen molar-refractivity contribution in [2.75, 3.05) is 25.5 Å². The molecule has 0 bridgehead atoms. The molecular weight excluding hydrogens is 314 g/mol. The standard InChI is InChI=1S/C15H19N5O2S/c1-19(2)15-11-17-10-13(18-15)14-6-4-8-20(14)23(21,22)12-5-3-7-16-9-12/h3,5,7,9-11,14H,4,6,8H2,1-2H3/t14-/m0/s1. The number of nitrogens with zero attached hydrogens (tertiary/aromatic N) is 5. The van der Waals surface area contributed by atoms with Gasteiger partial charge in [0.2, 0.25) is 10.0 Å². The van der Waals surface area contributed by atoms with E-state index in [1.807, 2.05) is 19.0 Å². The molecule has 0 aliphatic carbocycles. The molecule has 0 amide bonds. The van der Waals surface area contributed by atoms with Gasteiger partial charge in [0.15, 0.2) is 0 Å². The number of rotatable bonds is 4. The van der Waals surface area contributed by atoms with E-state index in [2.05, 4.69) is 15.0 Å². The molecule has 1 fully saturated rings. The van der Waals surface area contributed by atoms with Crippen molar-refractivity contribution < 1.29 is 8.42 Å². The summed E-state index contributed by atoms with van der Waals surface area (Å²) in [5.41, 5.74) is 0.682. The summed E-state index contributed by atoms with van der Waals surface area (Å²) < 4.78 is 27.2. The van der Waals surface area contributed by atoms with Crippen LogP contribution in [0.4, 0.5) is 5.82 Å². The maximum atomic E-state index is 12.9. The highest BCUT2D eigenvalue weighted by molar-refractivity contribution is 7.89. The zero-order valence-electron chi connectivity index (χ0n) is 13.1. The molecule has 1 atom stereocenters. The monoisotopic (exact) mass is 333 g/mol. The van der Waals surface area contributed by atoms with Crippen molar-refractivity contribution in [3.05, 3.63) is 42.6 Å². The topological polar surface area (TPSA) is 79.3 Å². The first-order chi connectivity index (χ1) is 11.0. The third-order valence-electron chi connectivity index (χ3n) is 3.88. The lowest BCUT2D eigenvalue weighted by Crippen LogP contribution is -2.31. The first-order valence-electron chi connectivity index (χ1n) is 7.41. The van der Waals surface area contributed by atoms with Gasteiger partial charge in [0.05, 0.1) is 24.1 Å². The Labute approximate surface area is 136 Å². The van der Waals surface area contributed by atoms with E-state index < -0.39 is 10.0 Å². The third kappa shape index (κ3) is 3.04. The average Bonchev–Trinajstić information content (AvgIpc) is 3.06. The molecule has 0 spiro atoms. The van der Waals surface area contributed by atoms with Crippen molar-refractivity contribution >= 4 is 15.8 Å². The van der Waals surface area contributed by atoms with E-state index in [0.717, 1.165) is 12.8 Å². The quantitative estimate of drug-likeness (QED) is 0.843. The Hall–Kier alpha value is -2.06. The molecule has 0 unspecified atom stereocenters. The molecule has 7 nitrogen and oxygen atoms in total. The molecule has 0 saturated carbocycles. The van der Waals surface area contributed by atoms with Gasteiger partial charge in [-0.25, -0.2) is 13.4 Å². The molecule has 1 aliphatic heterocycles. The number of anilines is 1. The molecule has 1 aliphatic rings. The van der Waals surface area contributed by atoms with Gasteiger partial charge in [-0.05, 0) is 25.0 Å². The van der Waals surface area contributed by atoms with E-state index in [1.165, 1.54) is 10.5 Å². The Bertz CT molecular complexity index is 779. The summed E-state index contributed by atoms with van der Waals surface area (Å²) in [5, 5.41) is 0. The van der Waals surface area contributed by atoms with Gasteiger partial charge in [0.25, 0.3) is 0 Å². The molecule has 3 rings (SSSR count). The Morgan fingerprint density at radius 1 is 1.22 bits per heavy atom. The van der Waals surface area contributed by atoms with Gasteiger partial charge in [-0.3, -0.25) is 9.97 Å². The van der Waals surface area contributed by atoms with Crippen LogP contribution < -0.4 is 4.90 Å². The average molecular weight is 333 g/mol. The van der Waals surface area contributed by atoms with Crippen LogP contribution in [0.3, 0.4) is 0 Å². The van der Waals surface area contributed by atoms with Crippen LogP contribution >= 0.6 is 0 Å². The summed E-state index contributed by atoms with van der Waals surface area (Å²) in [6, 6.07) is 2.91. The molecule has 0 radical (unpaired) electrons. The molecule has 1 saturated heterocycles. The highest BCUT2D eigenvalue weighted by Gasteiger charge is 2.37. The number of sulfonamides is 1. The Morgan fingerprint density at radius 3 is 2.74 bits per heavy atom. The molecule has 0 aromatic carbocycles. The van der Waals surface area contributed by atoms with Crippen LogP contribution in [0.15, 0.2) is 41.8 Å². The van der Waals surface area contributed by atoms with Gasteiger partial charge in [0, 0.05) is 33.0 Å². The molecule has 8 heteroatoms. The van der Waals surface area contributed by atoms with Crippen molar-refractivity contribution in [1.29, 1.82) is 0 Å². The normalized spacial score (nSPS) is 19.0. The van der Waals surface area contributed by atoms with Crippen LogP contribution in [0.1, 0.15) is 24.6 Å². The minimum Gasteiger partial charge on any atom is -0.361 e. The third-order valence-corrected chi connectivity index (χ3v) is 5.78. The second kappa shape index (κ2) is 6.21. The Balaban J connectivity index is 1.96. The van der Waals surface area contributed by atoms with E-state index in [0.29, 0.717) is 18.1 Å². The van der Waals surface area contributed by atoms with Gasteiger partial charge in [-0.1, -0.05) is 0 Å². The van der Waals surface area contributed by atoms with Crippen molar-refractivity contribution in [1.82, 2.24) is 19.3 Å². The fourth-order valence-electron chi connectivity index (χ4n) is 2.70.